The van der Waals surface area contributed by atoms with Gasteiger partial charge in [0.2, 0.25) is 5.78 Å². The van der Waals surface area contributed by atoms with E-state index in [0.29, 0.717) is 11.1 Å². The monoisotopic (exact) mass is 398 g/mol. The maximum Gasteiger partial charge on any atom is 0.308 e. The van der Waals surface area contributed by atoms with Crippen molar-refractivity contribution in [2.45, 2.75) is 46.5 Å². The summed E-state index contributed by atoms with van der Waals surface area (Å²) < 4.78 is 6.97. The van der Waals surface area contributed by atoms with Crippen molar-refractivity contribution in [1.82, 2.24) is 9.88 Å². The van der Waals surface area contributed by atoms with E-state index in [1.807, 2.05) is 37.6 Å². The first-order valence-corrected chi connectivity index (χ1v) is 9.71. The number of esters is 1. The van der Waals surface area contributed by atoms with Crippen molar-refractivity contribution in [3.8, 4) is 0 Å². The number of amides is 1. The zero-order valence-electron chi connectivity index (χ0n) is 18.1. The van der Waals surface area contributed by atoms with Crippen molar-refractivity contribution in [3.63, 3.8) is 0 Å². The number of nitrogens with one attached hydrogen (secondary N) is 1. The highest BCUT2D eigenvalue weighted by Crippen LogP contribution is 2.22. The van der Waals surface area contributed by atoms with Gasteiger partial charge in [-0.3, -0.25) is 14.4 Å². The Morgan fingerprint density at radius 2 is 1.69 bits per heavy atom. The molecular formula is C23H30N2O4. The minimum Gasteiger partial charge on any atom is -0.457 e. The average molecular weight is 399 g/mol. The molecule has 0 spiro atoms. The van der Waals surface area contributed by atoms with Gasteiger partial charge in [0.05, 0.1) is 6.42 Å². The summed E-state index contributed by atoms with van der Waals surface area (Å²) in [5, 5.41) is 2.70. The predicted octanol–water partition coefficient (Wildman–Crippen LogP) is 3.49. The summed E-state index contributed by atoms with van der Waals surface area (Å²) in [6, 6.07) is 9.20. The molecule has 0 fully saturated rings. The molecule has 1 N–H and O–H groups in total. The lowest BCUT2D eigenvalue weighted by Crippen LogP contribution is -2.27. The Kier molecular flexibility index (Phi) is 7.01. The van der Waals surface area contributed by atoms with Crippen LogP contribution >= 0.6 is 0 Å². The van der Waals surface area contributed by atoms with E-state index in [0.717, 1.165) is 17.0 Å². The topological polar surface area (TPSA) is 77.4 Å². The van der Waals surface area contributed by atoms with Gasteiger partial charge in [0.15, 0.2) is 6.61 Å². The van der Waals surface area contributed by atoms with Gasteiger partial charge in [0.25, 0.3) is 5.91 Å². The molecule has 6 heteroatoms. The molecule has 0 aliphatic rings. The third kappa shape index (κ3) is 5.79. The fourth-order valence-electron chi connectivity index (χ4n) is 2.94. The van der Waals surface area contributed by atoms with Gasteiger partial charge in [-0.2, -0.15) is 0 Å². The SMILES string of the molecule is Cc1cc(C(=O)COC(=O)CCNC(=O)c2ccc(C(C)(C)C)cc2)c(C)n1C. The fourth-order valence-corrected chi connectivity index (χ4v) is 2.94. The Morgan fingerprint density at radius 1 is 1.07 bits per heavy atom. The number of hydrogen-bond acceptors (Lipinski definition) is 4. The van der Waals surface area contributed by atoms with Crippen molar-refractivity contribution in [2.75, 3.05) is 13.2 Å². The van der Waals surface area contributed by atoms with E-state index in [4.69, 9.17) is 4.74 Å². The van der Waals surface area contributed by atoms with Crippen LogP contribution in [0.1, 0.15) is 64.9 Å². The highest BCUT2D eigenvalue weighted by atomic mass is 16.5. The Bertz CT molecular complexity index is 902. The largest absolute Gasteiger partial charge is 0.457 e. The summed E-state index contributed by atoms with van der Waals surface area (Å²) in [6.45, 7) is 9.94. The summed E-state index contributed by atoms with van der Waals surface area (Å²) in [5.41, 5.74) is 4.07. The highest BCUT2D eigenvalue weighted by molar-refractivity contribution is 5.99. The summed E-state index contributed by atoms with van der Waals surface area (Å²) >= 11 is 0. The average Bonchev–Trinajstić information content (AvgIpc) is 2.93. The molecule has 1 heterocycles. The van der Waals surface area contributed by atoms with Gasteiger partial charge < -0.3 is 14.6 Å². The van der Waals surface area contributed by atoms with E-state index in [1.54, 1.807) is 18.2 Å². The predicted molar refractivity (Wildman–Crippen MR) is 112 cm³/mol. The smallest absolute Gasteiger partial charge is 0.308 e. The maximum atomic E-state index is 12.2. The third-order valence-electron chi connectivity index (χ3n) is 5.07. The zero-order valence-corrected chi connectivity index (χ0v) is 18.1. The van der Waals surface area contributed by atoms with Crippen molar-refractivity contribution in [3.05, 3.63) is 58.4 Å². The normalized spacial score (nSPS) is 11.2. The lowest BCUT2D eigenvalue weighted by Gasteiger charge is -2.19. The third-order valence-corrected chi connectivity index (χ3v) is 5.07. The van der Waals surface area contributed by atoms with E-state index in [1.165, 1.54) is 0 Å². The number of nitrogens with zero attached hydrogens (tertiary/aromatic N) is 1. The second kappa shape index (κ2) is 9.07. The number of carbonyl (C=O) groups is 3. The number of ketones is 1. The van der Waals surface area contributed by atoms with E-state index in [2.05, 4.69) is 26.1 Å². The first kappa shape index (κ1) is 22.4. The lowest BCUT2D eigenvalue weighted by atomic mass is 9.87. The molecule has 2 aromatic rings. The standard InChI is InChI=1S/C23H30N2O4/c1-15-13-19(16(2)25(15)6)20(26)14-29-21(27)11-12-24-22(28)17-7-9-18(10-8-17)23(3,4)5/h7-10,13H,11-12,14H2,1-6H3,(H,24,28). The molecule has 1 aromatic carbocycles. The molecule has 2 rings (SSSR count). The van der Waals surface area contributed by atoms with Gasteiger partial charge in [-0.25, -0.2) is 0 Å². The molecule has 1 amide bonds. The van der Waals surface area contributed by atoms with Crippen LogP contribution in [-0.2, 0) is 22.0 Å². The van der Waals surface area contributed by atoms with Crippen molar-refractivity contribution >= 4 is 17.7 Å². The van der Waals surface area contributed by atoms with Gasteiger partial charge in [-0.05, 0) is 43.0 Å². The van der Waals surface area contributed by atoms with Crippen LogP contribution in [0.15, 0.2) is 30.3 Å². The Hall–Kier alpha value is -2.89. The molecule has 0 saturated heterocycles. The molecule has 156 valence electrons. The van der Waals surface area contributed by atoms with Crippen molar-refractivity contribution in [1.29, 1.82) is 0 Å². The minimum atomic E-state index is -0.521. The van der Waals surface area contributed by atoms with Gasteiger partial charge in [-0.1, -0.05) is 32.9 Å². The first-order chi connectivity index (χ1) is 13.5. The molecule has 6 nitrogen and oxygen atoms in total. The van der Waals surface area contributed by atoms with Crippen LogP contribution in [-0.4, -0.2) is 35.4 Å². The molecule has 0 aliphatic heterocycles. The van der Waals surface area contributed by atoms with E-state index < -0.39 is 5.97 Å². The van der Waals surface area contributed by atoms with Gasteiger partial charge >= 0.3 is 5.97 Å². The van der Waals surface area contributed by atoms with E-state index >= 15 is 0 Å². The first-order valence-electron chi connectivity index (χ1n) is 9.71. The summed E-state index contributed by atoms with van der Waals surface area (Å²) in [6.07, 6.45) is 0.00585. The number of rotatable bonds is 7. The van der Waals surface area contributed by atoms with Crippen LogP contribution in [0.5, 0.6) is 0 Å². The number of carbonyl (C=O) groups excluding carboxylic acids is 3. The van der Waals surface area contributed by atoms with Crippen LogP contribution in [0.2, 0.25) is 0 Å². The molecule has 0 aliphatic carbocycles. The Balaban J connectivity index is 1.77. The minimum absolute atomic E-state index is 0.00585. The summed E-state index contributed by atoms with van der Waals surface area (Å²) in [7, 11) is 1.88. The van der Waals surface area contributed by atoms with Crippen LogP contribution in [0.4, 0.5) is 0 Å². The lowest BCUT2D eigenvalue weighted by molar-refractivity contribution is -0.142. The number of hydrogen-bond donors (Lipinski definition) is 1. The highest BCUT2D eigenvalue weighted by Gasteiger charge is 2.17. The van der Waals surface area contributed by atoms with Crippen LogP contribution in [0.25, 0.3) is 0 Å². The molecular weight excluding hydrogens is 368 g/mol. The zero-order chi connectivity index (χ0) is 21.8. The molecule has 0 radical (unpaired) electrons. The van der Waals surface area contributed by atoms with Crippen LogP contribution in [0, 0.1) is 13.8 Å². The molecule has 0 unspecified atom stereocenters. The Labute approximate surface area is 172 Å². The van der Waals surface area contributed by atoms with Gasteiger partial charge in [-0.15, -0.1) is 0 Å². The Morgan fingerprint density at radius 3 is 2.21 bits per heavy atom. The molecule has 29 heavy (non-hydrogen) atoms. The summed E-state index contributed by atoms with van der Waals surface area (Å²) in [5.74, 6) is -1.00. The number of aryl methyl sites for hydroxylation is 1. The van der Waals surface area contributed by atoms with Gasteiger partial charge in [0, 0.05) is 36.1 Å². The quantitative estimate of drug-likeness (QED) is 0.572. The number of Topliss-reactive ketones (excluding diaryl/α,β-unsaturated/α-hetero) is 1. The second-order valence-electron chi connectivity index (χ2n) is 8.26. The molecule has 1 aromatic heterocycles. The molecule has 0 atom stereocenters. The maximum absolute atomic E-state index is 12.2. The van der Waals surface area contributed by atoms with E-state index in [9.17, 15) is 14.4 Å². The fraction of sp³-hybridized carbons (Fsp3) is 0.435. The number of aromatic nitrogens is 1. The number of ether oxygens (including phenoxy) is 1. The van der Waals surface area contributed by atoms with Crippen LogP contribution < -0.4 is 5.32 Å². The molecule has 0 saturated carbocycles. The van der Waals surface area contributed by atoms with Gasteiger partial charge in [0.1, 0.15) is 0 Å². The number of benzene rings is 1. The van der Waals surface area contributed by atoms with Crippen LogP contribution in [0.3, 0.4) is 0 Å². The molecule has 0 bridgehead atoms. The van der Waals surface area contributed by atoms with Crippen molar-refractivity contribution in [2.24, 2.45) is 7.05 Å². The van der Waals surface area contributed by atoms with E-state index in [-0.39, 0.29) is 36.7 Å². The van der Waals surface area contributed by atoms with Crippen molar-refractivity contribution < 1.29 is 19.1 Å². The summed E-state index contributed by atoms with van der Waals surface area (Å²) in [4.78, 5) is 36.3. The second-order valence-corrected chi connectivity index (χ2v) is 8.26.